The summed E-state index contributed by atoms with van der Waals surface area (Å²) in [4.78, 5) is 42.8. The third kappa shape index (κ3) is 3.89. The monoisotopic (exact) mass is 466 g/mol. The summed E-state index contributed by atoms with van der Waals surface area (Å²) in [6.45, 7) is 4.47. The lowest BCUT2D eigenvalue weighted by Crippen LogP contribution is -2.46. The molecule has 2 aliphatic heterocycles. The van der Waals surface area contributed by atoms with Gasteiger partial charge in [0.25, 0.3) is 5.69 Å². The molecule has 1 aliphatic carbocycles. The molecule has 5 rings (SSSR count). The lowest BCUT2D eigenvalue weighted by atomic mass is 9.76. The van der Waals surface area contributed by atoms with Crippen molar-refractivity contribution in [1.29, 1.82) is 0 Å². The smallest absolute Gasteiger partial charge is 0.294 e. The second-order valence-corrected chi connectivity index (χ2v) is 9.52. The minimum Gasteiger partial charge on any atom is -0.368 e. The van der Waals surface area contributed by atoms with Gasteiger partial charge in [0.2, 0.25) is 11.8 Å². The summed E-state index contributed by atoms with van der Waals surface area (Å²) in [5.41, 5.74) is 1.54. The fraction of sp³-hybridized carbons (Fsp3) is 0.440. The van der Waals surface area contributed by atoms with Gasteiger partial charge in [-0.2, -0.15) is 0 Å². The molecule has 0 bridgehead atoms. The maximum absolute atomic E-state index is 13.2. The quantitative estimate of drug-likeness (QED) is 0.385. The largest absolute Gasteiger partial charge is 0.368 e. The van der Waals surface area contributed by atoms with Crippen molar-refractivity contribution in [3.05, 3.63) is 58.4 Å². The third-order valence-electron chi connectivity index (χ3n) is 7.41. The number of amides is 2. The van der Waals surface area contributed by atoms with Crippen LogP contribution in [0, 0.1) is 33.7 Å². The van der Waals surface area contributed by atoms with Gasteiger partial charge in [-0.1, -0.05) is 6.92 Å². The lowest BCUT2D eigenvalue weighted by molar-refractivity contribution is -0.384. The van der Waals surface area contributed by atoms with Crippen LogP contribution in [0.4, 0.5) is 27.1 Å². The van der Waals surface area contributed by atoms with Crippen LogP contribution in [0.15, 0.2) is 42.5 Å². The maximum atomic E-state index is 13.2. The van der Waals surface area contributed by atoms with Crippen molar-refractivity contribution < 1.29 is 18.9 Å². The van der Waals surface area contributed by atoms with Gasteiger partial charge in [0, 0.05) is 37.9 Å². The van der Waals surface area contributed by atoms with Gasteiger partial charge in [0.05, 0.1) is 22.4 Å². The average molecular weight is 467 g/mol. The molecule has 2 aromatic rings. The number of imide groups is 1. The second kappa shape index (κ2) is 8.70. The normalized spacial score (nSPS) is 25.0. The molecule has 178 valence electrons. The molecule has 2 saturated heterocycles. The molecular weight excluding hydrogens is 439 g/mol. The molecule has 0 spiro atoms. The fourth-order valence-corrected chi connectivity index (χ4v) is 5.57. The number of nitrogens with zero attached hydrogens (tertiary/aromatic N) is 4. The number of rotatable bonds is 4. The minimum atomic E-state index is -0.453. The van der Waals surface area contributed by atoms with Gasteiger partial charge in [0.1, 0.15) is 11.5 Å². The zero-order valence-corrected chi connectivity index (χ0v) is 19.0. The van der Waals surface area contributed by atoms with Gasteiger partial charge in [0.15, 0.2) is 0 Å². The molecule has 2 amide bonds. The number of fused-ring (bicyclic) bond motifs is 1. The Morgan fingerprint density at radius 3 is 2.18 bits per heavy atom. The first kappa shape index (κ1) is 22.3. The Bertz CT molecular complexity index is 1130. The molecule has 9 heteroatoms. The summed E-state index contributed by atoms with van der Waals surface area (Å²) in [6, 6.07) is 10.9. The predicted molar refractivity (Wildman–Crippen MR) is 126 cm³/mol. The van der Waals surface area contributed by atoms with Crippen LogP contribution >= 0.6 is 0 Å². The zero-order valence-electron chi connectivity index (χ0n) is 19.0. The van der Waals surface area contributed by atoms with Crippen LogP contribution in [-0.4, -0.2) is 42.9 Å². The van der Waals surface area contributed by atoms with E-state index in [0.29, 0.717) is 50.6 Å². The standard InChI is InChI=1S/C25H27FN4O4/c1-16-2-8-20-21(14-16)25(32)29(24(20)31)19-7-9-22(23(15-19)30(33)34)28-12-10-27(11-13-28)18-5-3-17(26)4-6-18/h3-7,9,15-16,20-21H,2,8,10-14H2,1H3/t16-,20-,21+/m1/s1. The number of carbonyl (C=O) groups is 2. The van der Waals surface area contributed by atoms with Crippen LogP contribution in [0.1, 0.15) is 26.2 Å². The van der Waals surface area contributed by atoms with E-state index in [1.165, 1.54) is 18.2 Å². The van der Waals surface area contributed by atoms with E-state index in [-0.39, 0.29) is 40.8 Å². The number of piperazine rings is 1. The van der Waals surface area contributed by atoms with Crippen LogP contribution < -0.4 is 14.7 Å². The van der Waals surface area contributed by atoms with Crippen LogP contribution in [0.5, 0.6) is 0 Å². The molecule has 3 atom stereocenters. The Kier molecular flexibility index (Phi) is 5.71. The second-order valence-electron chi connectivity index (χ2n) is 9.52. The highest BCUT2D eigenvalue weighted by Crippen LogP contribution is 2.43. The first-order valence-electron chi connectivity index (χ1n) is 11.7. The molecule has 3 fully saturated rings. The summed E-state index contributed by atoms with van der Waals surface area (Å²) in [7, 11) is 0. The number of benzene rings is 2. The van der Waals surface area contributed by atoms with E-state index in [1.54, 1.807) is 24.3 Å². The van der Waals surface area contributed by atoms with Crippen LogP contribution in [0.25, 0.3) is 0 Å². The van der Waals surface area contributed by atoms with Crippen LogP contribution in [-0.2, 0) is 9.59 Å². The van der Waals surface area contributed by atoms with Gasteiger partial charge < -0.3 is 9.80 Å². The molecule has 2 heterocycles. The molecule has 8 nitrogen and oxygen atoms in total. The number of anilines is 3. The summed E-state index contributed by atoms with van der Waals surface area (Å²) in [5.74, 6) is -1.02. The minimum absolute atomic E-state index is 0.114. The molecule has 0 aromatic heterocycles. The number of hydrogen-bond donors (Lipinski definition) is 0. The Balaban J connectivity index is 1.36. The van der Waals surface area contributed by atoms with E-state index in [2.05, 4.69) is 11.8 Å². The Morgan fingerprint density at radius 1 is 0.882 bits per heavy atom. The van der Waals surface area contributed by atoms with Crippen molar-refractivity contribution in [2.45, 2.75) is 26.2 Å². The van der Waals surface area contributed by atoms with E-state index in [9.17, 15) is 24.1 Å². The predicted octanol–water partition coefficient (Wildman–Crippen LogP) is 3.99. The van der Waals surface area contributed by atoms with E-state index >= 15 is 0 Å². The molecule has 0 N–H and O–H groups in total. The Morgan fingerprint density at radius 2 is 1.50 bits per heavy atom. The van der Waals surface area contributed by atoms with Crippen molar-refractivity contribution in [1.82, 2.24) is 0 Å². The van der Waals surface area contributed by atoms with Crippen LogP contribution in [0.2, 0.25) is 0 Å². The summed E-state index contributed by atoms with van der Waals surface area (Å²) in [6.07, 6.45) is 2.28. The van der Waals surface area contributed by atoms with Gasteiger partial charge in [-0.3, -0.25) is 19.7 Å². The van der Waals surface area contributed by atoms with E-state index in [1.807, 2.05) is 4.90 Å². The first-order chi connectivity index (χ1) is 16.3. The number of carbonyl (C=O) groups excluding carboxylic acids is 2. The summed E-state index contributed by atoms with van der Waals surface area (Å²) < 4.78 is 13.2. The first-order valence-corrected chi connectivity index (χ1v) is 11.7. The maximum Gasteiger partial charge on any atom is 0.294 e. The molecule has 2 aromatic carbocycles. The Hall–Kier alpha value is -3.49. The summed E-state index contributed by atoms with van der Waals surface area (Å²) in [5, 5.41) is 12.0. The lowest BCUT2D eigenvalue weighted by Gasteiger charge is -2.37. The van der Waals surface area contributed by atoms with Gasteiger partial charge >= 0.3 is 0 Å². The molecule has 0 unspecified atom stereocenters. The van der Waals surface area contributed by atoms with Gasteiger partial charge in [-0.25, -0.2) is 9.29 Å². The van der Waals surface area contributed by atoms with Crippen molar-refractivity contribution in [2.24, 2.45) is 17.8 Å². The highest BCUT2D eigenvalue weighted by atomic mass is 19.1. The third-order valence-corrected chi connectivity index (χ3v) is 7.41. The SMILES string of the molecule is C[C@@H]1CC[C@H]2C(=O)N(c3ccc(N4CCN(c5ccc(F)cc5)CC4)c([N+](=O)[O-])c3)C(=O)[C@H]2C1. The molecular formula is C25H27FN4O4. The molecule has 3 aliphatic rings. The van der Waals surface area contributed by atoms with Crippen molar-refractivity contribution in [3.63, 3.8) is 0 Å². The van der Waals surface area contributed by atoms with Gasteiger partial charge in [-0.05, 0) is 61.6 Å². The topological polar surface area (TPSA) is 87.0 Å². The molecule has 0 radical (unpaired) electrons. The highest BCUT2D eigenvalue weighted by molar-refractivity contribution is 6.22. The highest BCUT2D eigenvalue weighted by Gasteiger charge is 2.50. The number of nitro benzene ring substituents is 1. The number of hydrogen-bond acceptors (Lipinski definition) is 6. The average Bonchev–Trinajstić information content (AvgIpc) is 3.08. The molecule has 34 heavy (non-hydrogen) atoms. The van der Waals surface area contributed by atoms with E-state index in [0.717, 1.165) is 17.0 Å². The fourth-order valence-electron chi connectivity index (χ4n) is 5.57. The zero-order chi connectivity index (χ0) is 24.0. The van der Waals surface area contributed by atoms with Crippen molar-refractivity contribution in [3.8, 4) is 0 Å². The number of nitro groups is 1. The van der Waals surface area contributed by atoms with Crippen LogP contribution in [0.3, 0.4) is 0 Å². The number of halogens is 1. The molecule has 1 saturated carbocycles. The van der Waals surface area contributed by atoms with Gasteiger partial charge in [-0.15, -0.1) is 0 Å². The van der Waals surface area contributed by atoms with Crippen molar-refractivity contribution in [2.75, 3.05) is 40.9 Å². The Labute approximate surface area is 197 Å². The summed E-state index contributed by atoms with van der Waals surface area (Å²) >= 11 is 0. The van der Waals surface area contributed by atoms with E-state index in [4.69, 9.17) is 0 Å². The van der Waals surface area contributed by atoms with Crippen molar-refractivity contribution >= 4 is 34.6 Å². The van der Waals surface area contributed by atoms with E-state index < -0.39 is 4.92 Å².